The maximum absolute atomic E-state index is 12.6. The van der Waals surface area contributed by atoms with Gasteiger partial charge in [-0.15, -0.1) is 0 Å². The number of hydrogen-bond donors (Lipinski definition) is 2. The summed E-state index contributed by atoms with van der Waals surface area (Å²) in [5.74, 6) is 0.673. The van der Waals surface area contributed by atoms with Crippen molar-refractivity contribution in [3.05, 3.63) is 65.4 Å². The quantitative estimate of drug-likeness (QED) is 0.551. The number of rotatable bonds is 9. The largest absolute Gasteiger partial charge is 0.496 e. The van der Waals surface area contributed by atoms with Gasteiger partial charge >= 0.3 is 0 Å². The van der Waals surface area contributed by atoms with Gasteiger partial charge < -0.3 is 19.8 Å². The molecule has 1 aromatic heterocycles. The topological polar surface area (TPSA) is 63.4 Å². The van der Waals surface area contributed by atoms with E-state index in [0.29, 0.717) is 19.6 Å². The summed E-state index contributed by atoms with van der Waals surface area (Å²) in [7, 11) is 3.29. The van der Waals surface area contributed by atoms with Gasteiger partial charge in [0.25, 0.3) is 0 Å². The number of benzene rings is 2. The van der Waals surface area contributed by atoms with Crippen LogP contribution in [-0.4, -0.2) is 38.3 Å². The van der Waals surface area contributed by atoms with Crippen molar-refractivity contribution in [2.45, 2.75) is 25.7 Å². The van der Waals surface area contributed by atoms with E-state index in [4.69, 9.17) is 9.47 Å². The highest BCUT2D eigenvalue weighted by molar-refractivity contribution is 5.88. The summed E-state index contributed by atoms with van der Waals surface area (Å²) in [4.78, 5) is 16.1. The molecule has 28 heavy (non-hydrogen) atoms. The Hall–Kier alpha value is -2.79. The minimum atomic E-state index is -0.112. The van der Waals surface area contributed by atoms with Crippen LogP contribution in [0.4, 0.5) is 0 Å². The lowest BCUT2D eigenvalue weighted by molar-refractivity contribution is -0.121. The average Bonchev–Trinajstić information content (AvgIpc) is 3.16. The minimum Gasteiger partial charge on any atom is -0.496 e. The van der Waals surface area contributed by atoms with Crippen LogP contribution in [-0.2, 0) is 16.0 Å². The predicted molar refractivity (Wildman–Crippen MR) is 112 cm³/mol. The molecule has 2 aromatic carbocycles. The summed E-state index contributed by atoms with van der Waals surface area (Å²) in [6, 6.07) is 14.2. The molecule has 2 N–H and O–H groups in total. The number of nitrogens with one attached hydrogen (secondary N) is 2. The molecule has 1 amide bonds. The maximum Gasteiger partial charge on any atom is 0.221 e. The molecule has 148 valence electrons. The fourth-order valence-corrected chi connectivity index (χ4v) is 3.71. The van der Waals surface area contributed by atoms with Crippen molar-refractivity contribution in [2.24, 2.45) is 0 Å². The molecule has 5 heteroatoms. The number of para-hydroxylation sites is 2. The Morgan fingerprint density at radius 3 is 2.68 bits per heavy atom. The Balaban J connectivity index is 2.03. The lowest BCUT2D eigenvalue weighted by Gasteiger charge is -2.20. The number of fused-ring (bicyclic) bond motifs is 1. The van der Waals surface area contributed by atoms with Crippen LogP contribution in [0.15, 0.2) is 48.7 Å². The normalized spacial score (nSPS) is 12.1. The highest BCUT2D eigenvalue weighted by Gasteiger charge is 2.24. The summed E-state index contributed by atoms with van der Waals surface area (Å²) in [5.41, 5.74) is 4.53. The first-order chi connectivity index (χ1) is 13.7. The van der Waals surface area contributed by atoms with E-state index >= 15 is 0 Å². The van der Waals surface area contributed by atoms with Gasteiger partial charge in [-0.05, 0) is 23.6 Å². The number of hydrogen-bond acceptors (Lipinski definition) is 3. The van der Waals surface area contributed by atoms with Crippen molar-refractivity contribution in [3.63, 3.8) is 0 Å². The zero-order chi connectivity index (χ0) is 19.9. The van der Waals surface area contributed by atoms with E-state index in [2.05, 4.69) is 35.4 Å². The van der Waals surface area contributed by atoms with Crippen molar-refractivity contribution in [1.29, 1.82) is 0 Å². The van der Waals surface area contributed by atoms with E-state index in [1.165, 1.54) is 5.56 Å². The first kappa shape index (κ1) is 20.0. The fourth-order valence-electron chi connectivity index (χ4n) is 3.71. The smallest absolute Gasteiger partial charge is 0.221 e. The molecule has 0 aliphatic heterocycles. The summed E-state index contributed by atoms with van der Waals surface area (Å²) in [5, 5.41) is 4.09. The number of aryl methyl sites for hydroxylation is 1. The number of H-pyrrole nitrogens is 1. The Morgan fingerprint density at radius 2 is 1.93 bits per heavy atom. The molecule has 0 spiro atoms. The number of ether oxygens (including phenoxy) is 2. The molecule has 1 atom stereocenters. The molecular formula is C23H28N2O3. The monoisotopic (exact) mass is 380 g/mol. The molecule has 0 aliphatic carbocycles. The molecular weight excluding hydrogens is 352 g/mol. The molecule has 1 heterocycles. The zero-order valence-electron chi connectivity index (χ0n) is 16.7. The fraction of sp³-hybridized carbons (Fsp3) is 0.348. The van der Waals surface area contributed by atoms with Gasteiger partial charge in [-0.3, -0.25) is 4.79 Å². The van der Waals surface area contributed by atoms with Crippen molar-refractivity contribution < 1.29 is 14.3 Å². The van der Waals surface area contributed by atoms with Gasteiger partial charge in [0, 0.05) is 48.7 Å². The Bertz CT molecular complexity index is 932. The number of carbonyl (C=O) groups excluding carboxylic acids is 1. The number of aromatic amines is 1. The van der Waals surface area contributed by atoms with Crippen molar-refractivity contribution in [3.8, 4) is 5.75 Å². The Morgan fingerprint density at radius 1 is 1.11 bits per heavy atom. The Kier molecular flexibility index (Phi) is 6.71. The van der Waals surface area contributed by atoms with Crippen LogP contribution in [0.3, 0.4) is 0 Å². The van der Waals surface area contributed by atoms with Gasteiger partial charge in [0.2, 0.25) is 5.91 Å². The van der Waals surface area contributed by atoms with Crippen molar-refractivity contribution in [2.75, 3.05) is 27.4 Å². The molecule has 0 bridgehead atoms. The average molecular weight is 380 g/mol. The zero-order valence-corrected chi connectivity index (χ0v) is 16.7. The lowest BCUT2D eigenvalue weighted by atomic mass is 9.87. The molecule has 3 aromatic rings. The van der Waals surface area contributed by atoms with Crippen LogP contribution in [0, 0.1) is 0 Å². The van der Waals surface area contributed by atoms with Gasteiger partial charge in [-0.1, -0.05) is 43.3 Å². The number of carbonyl (C=O) groups is 1. The molecule has 3 rings (SSSR count). The number of aromatic nitrogens is 1. The second-order valence-corrected chi connectivity index (χ2v) is 6.78. The standard InChI is InChI=1S/C23H28N2O3/c1-4-16-8-7-10-18-20(15-25-23(16)18)19(14-22(26)24-12-13-27-2)17-9-5-6-11-21(17)28-3/h5-11,15,19,25H,4,12-14H2,1-3H3,(H,24,26). The third kappa shape index (κ3) is 4.20. The molecule has 0 saturated carbocycles. The minimum absolute atomic E-state index is 0.00560. The molecule has 5 nitrogen and oxygen atoms in total. The first-order valence-corrected chi connectivity index (χ1v) is 9.67. The van der Waals surface area contributed by atoms with E-state index in [9.17, 15) is 4.79 Å². The summed E-state index contributed by atoms with van der Waals surface area (Å²) in [6.45, 7) is 3.15. The number of methoxy groups -OCH3 is 2. The highest BCUT2D eigenvalue weighted by atomic mass is 16.5. The first-order valence-electron chi connectivity index (χ1n) is 9.67. The molecule has 0 saturated heterocycles. The summed E-state index contributed by atoms with van der Waals surface area (Å²) < 4.78 is 10.6. The van der Waals surface area contributed by atoms with Crippen molar-refractivity contribution >= 4 is 16.8 Å². The third-order valence-electron chi connectivity index (χ3n) is 5.12. The van der Waals surface area contributed by atoms with E-state index in [1.807, 2.05) is 30.5 Å². The van der Waals surface area contributed by atoms with Gasteiger partial charge in [-0.25, -0.2) is 0 Å². The molecule has 1 unspecified atom stereocenters. The summed E-state index contributed by atoms with van der Waals surface area (Å²) >= 11 is 0. The highest BCUT2D eigenvalue weighted by Crippen LogP contribution is 2.38. The second kappa shape index (κ2) is 9.42. The third-order valence-corrected chi connectivity index (χ3v) is 5.12. The summed E-state index contributed by atoms with van der Waals surface area (Å²) in [6.07, 6.45) is 3.32. The molecule has 0 radical (unpaired) electrons. The van der Waals surface area contributed by atoms with Gasteiger partial charge in [0.15, 0.2) is 0 Å². The van der Waals surface area contributed by atoms with Crippen molar-refractivity contribution in [1.82, 2.24) is 10.3 Å². The Labute approximate surface area is 166 Å². The van der Waals surface area contributed by atoms with Crippen LogP contribution in [0.25, 0.3) is 10.9 Å². The maximum atomic E-state index is 12.6. The van der Waals surface area contributed by atoms with Gasteiger partial charge in [0.05, 0.1) is 13.7 Å². The van der Waals surface area contributed by atoms with E-state index in [1.54, 1.807) is 14.2 Å². The van der Waals surface area contributed by atoms with E-state index in [-0.39, 0.29) is 11.8 Å². The van der Waals surface area contributed by atoms with E-state index in [0.717, 1.165) is 34.2 Å². The molecule has 0 aliphatic rings. The SMILES string of the molecule is CCc1cccc2c(C(CC(=O)NCCOC)c3ccccc3OC)c[nH]c12. The van der Waals surface area contributed by atoms with Crippen LogP contribution in [0.5, 0.6) is 5.75 Å². The van der Waals surface area contributed by atoms with Crippen LogP contribution in [0.2, 0.25) is 0 Å². The van der Waals surface area contributed by atoms with E-state index < -0.39 is 0 Å². The number of amides is 1. The lowest BCUT2D eigenvalue weighted by Crippen LogP contribution is -2.28. The second-order valence-electron chi connectivity index (χ2n) is 6.78. The van der Waals surface area contributed by atoms with Crippen LogP contribution in [0.1, 0.15) is 36.0 Å². The van der Waals surface area contributed by atoms with Crippen LogP contribution >= 0.6 is 0 Å². The molecule has 0 fully saturated rings. The van der Waals surface area contributed by atoms with Gasteiger partial charge in [0.1, 0.15) is 5.75 Å². The predicted octanol–water partition coefficient (Wildman–Crippen LogP) is 4.02. The van der Waals surface area contributed by atoms with Gasteiger partial charge in [-0.2, -0.15) is 0 Å². The van der Waals surface area contributed by atoms with Crippen LogP contribution < -0.4 is 10.1 Å².